The highest BCUT2D eigenvalue weighted by molar-refractivity contribution is 7.99. The van der Waals surface area contributed by atoms with Gasteiger partial charge in [0.1, 0.15) is 5.03 Å². The van der Waals surface area contributed by atoms with E-state index in [1.807, 2.05) is 37.3 Å². The van der Waals surface area contributed by atoms with Crippen molar-refractivity contribution in [2.45, 2.75) is 16.8 Å². The van der Waals surface area contributed by atoms with Gasteiger partial charge in [0.05, 0.1) is 5.02 Å². The molecular formula is C12H11ClN2S. The van der Waals surface area contributed by atoms with Crippen molar-refractivity contribution >= 4 is 29.1 Å². The Bertz CT molecular complexity index is 514. The van der Waals surface area contributed by atoms with E-state index in [2.05, 4.69) is 4.98 Å². The Balaban J connectivity index is 2.35. The SMILES string of the molecule is Cc1cccc(Sc2ncccc2Cl)c1N. The highest BCUT2D eigenvalue weighted by atomic mass is 35.5. The Morgan fingerprint density at radius 3 is 2.81 bits per heavy atom. The predicted molar refractivity (Wildman–Crippen MR) is 69.0 cm³/mol. The average molecular weight is 251 g/mol. The van der Waals surface area contributed by atoms with Gasteiger partial charge in [0.15, 0.2) is 0 Å². The maximum absolute atomic E-state index is 6.04. The summed E-state index contributed by atoms with van der Waals surface area (Å²) in [6.07, 6.45) is 1.72. The number of nitrogens with zero attached hydrogens (tertiary/aromatic N) is 1. The van der Waals surface area contributed by atoms with Crippen molar-refractivity contribution in [3.05, 3.63) is 47.1 Å². The summed E-state index contributed by atoms with van der Waals surface area (Å²) in [4.78, 5) is 5.21. The van der Waals surface area contributed by atoms with Crippen molar-refractivity contribution in [1.29, 1.82) is 0 Å². The van der Waals surface area contributed by atoms with E-state index in [4.69, 9.17) is 17.3 Å². The van der Waals surface area contributed by atoms with Gasteiger partial charge in [-0.15, -0.1) is 0 Å². The van der Waals surface area contributed by atoms with Gasteiger partial charge >= 0.3 is 0 Å². The number of hydrogen-bond acceptors (Lipinski definition) is 3. The van der Waals surface area contributed by atoms with E-state index < -0.39 is 0 Å². The minimum Gasteiger partial charge on any atom is -0.398 e. The number of para-hydroxylation sites is 1. The number of pyridine rings is 1. The van der Waals surface area contributed by atoms with Gasteiger partial charge in [0, 0.05) is 16.8 Å². The molecule has 0 aliphatic heterocycles. The molecule has 16 heavy (non-hydrogen) atoms. The first kappa shape index (κ1) is 11.3. The molecule has 0 aliphatic rings. The second kappa shape index (κ2) is 4.76. The fourth-order valence-corrected chi connectivity index (χ4v) is 2.44. The van der Waals surface area contributed by atoms with E-state index >= 15 is 0 Å². The monoisotopic (exact) mass is 250 g/mol. The van der Waals surface area contributed by atoms with Crippen molar-refractivity contribution in [2.24, 2.45) is 0 Å². The van der Waals surface area contributed by atoms with Gasteiger partial charge in [-0.3, -0.25) is 0 Å². The fourth-order valence-electron chi connectivity index (χ4n) is 1.29. The molecular weight excluding hydrogens is 240 g/mol. The quantitative estimate of drug-likeness (QED) is 0.825. The summed E-state index contributed by atoms with van der Waals surface area (Å²) < 4.78 is 0. The number of nitrogen functional groups attached to an aromatic ring is 1. The molecule has 0 unspecified atom stereocenters. The number of rotatable bonds is 2. The van der Waals surface area contributed by atoms with Crippen LogP contribution in [0.1, 0.15) is 5.56 Å². The first-order valence-corrected chi connectivity index (χ1v) is 6.01. The standard InChI is InChI=1S/C12H11ClN2S/c1-8-4-2-6-10(11(8)14)16-12-9(13)5-3-7-15-12/h2-7H,14H2,1H3. The molecule has 82 valence electrons. The third-order valence-corrected chi connectivity index (χ3v) is 3.73. The summed E-state index contributed by atoms with van der Waals surface area (Å²) in [5.41, 5.74) is 7.84. The lowest BCUT2D eigenvalue weighted by Crippen LogP contribution is -1.92. The van der Waals surface area contributed by atoms with Crippen LogP contribution in [0.15, 0.2) is 46.5 Å². The first-order valence-electron chi connectivity index (χ1n) is 4.82. The normalized spacial score (nSPS) is 10.4. The molecule has 1 aromatic heterocycles. The minimum atomic E-state index is 0.647. The molecule has 2 aromatic rings. The second-order valence-electron chi connectivity index (χ2n) is 3.38. The van der Waals surface area contributed by atoms with Crippen molar-refractivity contribution < 1.29 is 0 Å². The van der Waals surface area contributed by atoms with Crippen molar-refractivity contribution in [3.8, 4) is 0 Å². The summed E-state index contributed by atoms with van der Waals surface area (Å²) >= 11 is 7.53. The lowest BCUT2D eigenvalue weighted by atomic mass is 10.2. The van der Waals surface area contributed by atoms with Crippen molar-refractivity contribution in [2.75, 3.05) is 5.73 Å². The molecule has 0 saturated heterocycles. The second-order valence-corrected chi connectivity index (χ2v) is 4.82. The summed E-state index contributed by atoms with van der Waals surface area (Å²) in [5.74, 6) is 0. The van der Waals surface area contributed by atoms with Crippen LogP contribution in [-0.4, -0.2) is 4.98 Å². The molecule has 1 heterocycles. The van der Waals surface area contributed by atoms with Gasteiger partial charge in [-0.25, -0.2) is 4.98 Å². The first-order chi connectivity index (χ1) is 7.68. The van der Waals surface area contributed by atoms with Crippen LogP contribution < -0.4 is 5.73 Å². The molecule has 0 amide bonds. The predicted octanol–water partition coefficient (Wildman–Crippen LogP) is 3.78. The van der Waals surface area contributed by atoms with Gasteiger partial charge in [0.2, 0.25) is 0 Å². The number of benzene rings is 1. The molecule has 0 spiro atoms. The fraction of sp³-hybridized carbons (Fsp3) is 0.0833. The minimum absolute atomic E-state index is 0.647. The molecule has 2 rings (SSSR count). The van der Waals surface area contributed by atoms with E-state index in [9.17, 15) is 0 Å². The van der Waals surface area contributed by atoms with Crippen molar-refractivity contribution in [1.82, 2.24) is 4.98 Å². The molecule has 0 aliphatic carbocycles. The number of anilines is 1. The van der Waals surface area contributed by atoms with Gasteiger partial charge in [0.25, 0.3) is 0 Å². The molecule has 1 aromatic carbocycles. The molecule has 4 heteroatoms. The third-order valence-electron chi connectivity index (χ3n) is 2.22. The van der Waals surface area contributed by atoms with Crippen LogP contribution >= 0.6 is 23.4 Å². The van der Waals surface area contributed by atoms with E-state index in [0.717, 1.165) is 21.2 Å². The van der Waals surface area contributed by atoms with Crippen LogP contribution in [0, 0.1) is 6.92 Å². The lowest BCUT2D eigenvalue weighted by Gasteiger charge is -2.07. The van der Waals surface area contributed by atoms with Gasteiger partial charge in [-0.05, 0) is 30.7 Å². The Morgan fingerprint density at radius 1 is 1.25 bits per heavy atom. The number of nitrogens with two attached hydrogens (primary N) is 1. The summed E-state index contributed by atoms with van der Waals surface area (Å²) in [5, 5.41) is 1.43. The Labute approximate surface area is 104 Å². The van der Waals surface area contributed by atoms with Crippen LogP contribution in [-0.2, 0) is 0 Å². The van der Waals surface area contributed by atoms with Crippen LogP contribution in [0.2, 0.25) is 5.02 Å². The van der Waals surface area contributed by atoms with Crippen LogP contribution in [0.3, 0.4) is 0 Å². The maximum atomic E-state index is 6.04. The Hall–Kier alpha value is -1.19. The molecule has 0 fully saturated rings. The molecule has 2 N–H and O–H groups in total. The topological polar surface area (TPSA) is 38.9 Å². The van der Waals surface area contributed by atoms with Crippen LogP contribution in [0.4, 0.5) is 5.69 Å². The average Bonchev–Trinajstić information content (AvgIpc) is 2.28. The van der Waals surface area contributed by atoms with E-state index in [0.29, 0.717) is 5.02 Å². The molecule has 0 saturated carbocycles. The number of halogens is 1. The summed E-state index contributed by atoms with van der Waals surface area (Å²) in [6.45, 7) is 1.99. The molecule has 0 atom stereocenters. The Kier molecular flexibility index (Phi) is 3.36. The van der Waals surface area contributed by atoms with Crippen molar-refractivity contribution in [3.63, 3.8) is 0 Å². The molecule has 0 radical (unpaired) electrons. The number of aromatic nitrogens is 1. The maximum Gasteiger partial charge on any atom is 0.119 e. The highest BCUT2D eigenvalue weighted by Crippen LogP contribution is 2.35. The van der Waals surface area contributed by atoms with Gasteiger partial charge in [-0.1, -0.05) is 35.5 Å². The van der Waals surface area contributed by atoms with Gasteiger partial charge in [-0.2, -0.15) is 0 Å². The van der Waals surface area contributed by atoms with E-state index in [1.165, 1.54) is 11.8 Å². The van der Waals surface area contributed by atoms with Gasteiger partial charge < -0.3 is 5.73 Å². The smallest absolute Gasteiger partial charge is 0.119 e. The zero-order valence-corrected chi connectivity index (χ0v) is 10.3. The lowest BCUT2D eigenvalue weighted by molar-refractivity contribution is 1.13. The number of hydrogen-bond donors (Lipinski definition) is 1. The molecule has 0 bridgehead atoms. The highest BCUT2D eigenvalue weighted by Gasteiger charge is 2.07. The molecule has 2 nitrogen and oxygen atoms in total. The zero-order valence-electron chi connectivity index (χ0n) is 8.77. The largest absolute Gasteiger partial charge is 0.398 e. The summed E-state index contributed by atoms with van der Waals surface area (Å²) in [6, 6.07) is 9.57. The van der Waals surface area contributed by atoms with E-state index in [-0.39, 0.29) is 0 Å². The van der Waals surface area contributed by atoms with Crippen LogP contribution in [0.5, 0.6) is 0 Å². The zero-order chi connectivity index (χ0) is 11.5. The Morgan fingerprint density at radius 2 is 2.06 bits per heavy atom. The summed E-state index contributed by atoms with van der Waals surface area (Å²) in [7, 11) is 0. The third kappa shape index (κ3) is 2.31. The van der Waals surface area contributed by atoms with Crippen LogP contribution in [0.25, 0.3) is 0 Å². The number of aryl methyl sites for hydroxylation is 1. The van der Waals surface area contributed by atoms with E-state index in [1.54, 1.807) is 6.20 Å².